The van der Waals surface area contributed by atoms with Gasteiger partial charge >= 0.3 is 0 Å². The average Bonchev–Trinajstić information content (AvgIpc) is 2.96. The lowest BCUT2D eigenvalue weighted by molar-refractivity contribution is -0.385. The van der Waals surface area contributed by atoms with Gasteiger partial charge in [-0.05, 0) is 31.0 Å². The zero-order valence-electron chi connectivity index (χ0n) is 12.7. The van der Waals surface area contributed by atoms with Crippen LogP contribution in [-0.2, 0) is 11.2 Å². The molecule has 3 rings (SSSR count). The molecule has 7 heteroatoms. The zero-order chi connectivity index (χ0) is 16.4. The minimum atomic E-state index is -0.474. The van der Waals surface area contributed by atoms with E-state index in [4.69, 9.17) is 0 Å². The van der Waals surface area contributed by atoms with Crippen molar-refractivity contribution >= 4 is 23.1 Å². The average molecular weight is 312 g/mol. The molecule has 0 aliphatic carbocycles. The fourth-order valence-electron chi connectivity index (χ4n) is 2.70. The molecule has 1 aromatic heterocycles. The summed E-state index contributed by atoms with van der Waals surface area (Å²) < 4.78 is 0. The van der Waals surface area contributed by atoms with Crippen LogP contribution in [0, 0.1) is 17.0 Å². The fraction of sp³-hybridized carbons (Fsp3) is 0.250. The van der Waals surface area contributed by atoms with Crippen LogP contribution in [0.15, 0.2) is 36.5 Å². The Morgan fingerprint density at radius 1 is 1.43 bits per heavy atom. The largest absolute Gasteiger partial charge is 0.361 e. The quantitative estimate of drug-likeness (QED) is 0.691. The summed E-state index contributed by atoms with van der Waals surface area (Å²) in [4.78, 5) is 28.4. The van der Waals surface area contributed by atoms with Crippen LogP contribution in [0.3, 0.4) is 0 Å². The summed E-state index contributed by atoms with van der Waals surface area (Å²) in [7, 11) is 0. The molecule has 118 valence electrons. The lowest BCUT2D eigenvalue weighted by Crippen LogP contribution is -2.34. The normalized spacial score (nSPS) is 12.8. The third kappa shape index (κ3) is 2.98. The van der Waals surface area contributed by atoms with E-state index < -0.39 is 4.92 Å². The molecule has 7 nitrogen and oxygen atoms in total. The van der Waals surface area contributed by atoms with Gasteiger partial charge in [0.05, 0.1) is 11.5 Å². The van der Waals surface area contributed by atoms with Crippen molar-refractivity contribution in [2.45, 2.75) is 13.3 Å². The third-order valence-electron chi connectivity index (χ3n) is 3.89. The maximum absolute atomic E-state index is 12.4. The highest BCUT2D eigenvalue weighted by Gasteiger charge is 2.23. The predicted molar refractivity (Wildman–Crippen MR) is 86.6 cm³/mol. The van der Waals surface area contributed by atoms with Crippen molar-refractivity contribution in [3.8, 4) is 0 Å². The van der Waals surface area contributed by atoms with Crippen LogP contribution < -0.4 is 10.2 Å². The third-order valence-corrected chi connectivity index (χ3v) is 3.89. The van der Waals surface area contributed by atoms with E-state index in [1.165, 1.54) is 11.8 Å². The molecule has 0 atom stereocenters. The number of hydrogen-bond donors (Lipinski definition) is 1. The van der Waals surface area contributed by atoms with E-state index in [9.17, 15) is 14.9 Å². The van der Waals surface area contributed by atoms with Crippen molar-refractivity contribution in [2.75, 3.05) is 23.3 Å². The van der Waals surface area contributed by atoms with E-state index in [2.05, 4.69) is 10.3 Å². The molecule has 1 aliphatic rings. The summed E-state index contributed by atoms with van der Waals surface area (Å²) in [5.41, 5.74) is 2.60. The standard InChI is InChI=1S/C16H16N4O3/c1-11-8-15(17-9-14(11)20(22)23)18-10-16(21)19-7-6-12-4-2-3-5-13(12)19/h2-5,8-9H,6-7,10H2,1H3,(H,17,18). The summed E-state index contributed by atoms with van der Waals surface area (Å²) in [6.45, 7) is 2.41. The smallest absolute Gasteiger partial charge is 0.290 e. The van der Waals surface area contributed by atoms with Crippen LogP contribution in [-0.4, -0.2) is 28.9 Å². The van der Waals surface area contributed by atoms with Gasteiger partial charge in [0.15, 0.2) is 0 Å². The second kappa shape index (κ2) is 6.04. The number of benzene rings is 1. The number of nitro groups is 1. The Morgan fingerprint density at radius 3 is 2.96 bits per heavy atom. The highest BCUT2D eigenvalue weighted by molar-refractivity contribution is 5.97. The molecule has 1 aromatic carbocycles. The molecule has 23 heavy (non-hydrogen) atoms. The van der Waals surface area contributed by atoms with E-state index in [-0.39, 0.29) is 18.1 Å². The molecule has 0 unspecified atom stereocenters. The van der Waals surface area contributed by atoms with Gasteiger partial charge in [-0.15, -0.1) is 0 Å². The van der Waals surface area contributed by atoms with Gasteiger partial charge in [0.25, 0.3) is 5.69 Å². The lowest BCUT2D eigenvalue weighted by atomic mass is 10.2. The minimum absolute atomic E-state index is 0.0321. The van der Waals surface area contributed by atoms with E-state index in [0.717, 1.165) is 12.1 Å². The summed E-state index contributed by atoms with van der Waals surface area (Å²) in [6, 6.07) is 9.42. The highest BCUT2D eigenvalue weighted by Crippen LogP contribution is 2.27. The number of pyridine rings is 1. The lowest BCUT2D eigenvalue weighted by Gasteiger charge is -2.17. The molecule has 2 aromatic rings. The Balaban J connectivity index is 1.66. The van der Waals surface area contributed by atoms with Gasteiger partial charge in [-0.1, -0.05) is 18.2 Å². The van der Waals surface area contributed by atoms with E-state index in [1.54, 1.807) is 17.9 Å². The van der Waals surface area contributed by atoms with Crippen LogP contribution in [0.1, 0.15) is 11.1 Å². The van der Waals surface area contributed by atoms with Crippen LogP contribution in [0.4, 0.5) is 17.2 Å². The molecule has 0 radical (unpaired) electrons. The van der Waals surface area contributed by atoms with E-state index in [1.807, 2.05) is 24.3 Å². The number of aromatic nitrogens is 1. The van der Waals surface area contributed by atoms with Crippen molar-refractivity contribution < 1.29 is 9.72 Å². The Kier molecular flexibility index (Phi) is 3.92. The van der Waals surface area contributed by atoms with Gasteiger partial charge in [0.1, 0.15) is 12.0 Å². The van der Waals surface area contributed by atoms with Gasteiger partial charge in [-0.2, -0.15) is 0 Å². The Morgan fingerprint density at radius 2 is 2.22 bits per heavy atom. The monoisotopic (exact) mass is 312 g/mol. The Hall–Kier alpha value is -2.96. The number of anilines is 2. The number of para-hydroxylation sites is 1. The molecule has 1 aliphatic heterocycles. The number of nitrogens with one attached hydrogen (secondary N) is 1. The summed E-state index contributed by atoms with van der Waals surface area (Å²) >= 11 is 0. The second-order valence-electron chi connectivity index (χ2n) is 5.39. The molecule has 0 saturated heterocycles. The van der Waals surface area contributed by atoms with Crippen molar-refractivity contribution in [3.63, 3.8) is 0 Å². The Labute approximate surface area is 133 Å². The molecule has 0 spiro atoms. The first-order valence-electron chi connectivity index (χ1n) is 7.29. The first kappa shape index (κ1) is 15.0. The molecule has 2 heterocycles. The number of aryl methyl sites for hydroxylation is 1. The molecule has 0 fully saturated rings. The number of carbonyl (C=O) groups excluding carboxylic acids is 1. The number of amides is 1. The minimum Gasteiger partial charge on any atom is -0.361 e. The number of carbonyl (C=O) groups is 1. The number of rotatable bonds is 4. The van der Waals surface area contributed by atoms with Gasteiger partial charge in [0.2, 0.25) is 5.91 Å². The van der Waals surface area contributed by atoms with Gasteiger partial charge in [-0.3, -0.25) is 14.9 Å². The van der Waals surface area contributed by atoms with Crippen LogP contribution in [0.25, 0.3) is 0 Å². The number of hydrogen-bond acceptors (Lipinski definition) is 5. The topological polar surface area (TPSA) is 88.4 Å². The maximum Gasteiger partial charge on any atom is 0.290 e. The molecule has 0 saturated carbocycles. The van der Waals surface area contributed by atoms with Crippen molar-refractivity contribution in [3.05, 3.63) is 57.8 Å². The molecule has 1 N–H and O–H groups in total. The van der Waals surface area contributed by atoms with Crippen LogP contribution in [0.5, 0.6) is 0 Å². The first-order valence-corrected chi connectivity index (χ1v) is 7.29. The van der Waals surface area contributed by atoms with Gasteiger partial charge < -0.3 is 10.2 Å². The summed E-state index contributed by atoms with van der Waals surface area (Å²) in [5.74, 6) is 0.404. The number of nitrogens with zero attached hydrogens (tertiary/aromatic N) is 3. The molecule has 0 bridgehead atoms. The molecular weight excluding hydrogens is 296 g/mol. The Bertz CT molecular complexity index is 776. The van der Waals surface area contributed by atoms with Gasteiger partial charge in [-0.25, -0.2) is 4.98 Å². The number of fused-ring (bicyclic) bond motifs is 1. The molecular formula is C16H16N4O3. The maximum atomic E-state index is 12.4. The van der Waals surface area contributed by atoms with E-state index >= 15 is 0 Å². The van der Waals surface area contributed by atoms with Crippen molar-refractivity contribution in [2.24, 2.45) is 0 Å². The first-order chi connectivity index (χ1) is 11.1. The van der Waals surface area contributed by atoms with Crippen LogP contribution >= 0.6 is 0 Å². The summed E-state index contributed by atoms with van der Waals surface area (Å²) in [6.07, 6.45) is 2.06. The van der Waals surface area contributed by atoms with Crippen LogP contribution in [0.2, 0.25) is 0 Å². The second-order valence-corrected chi connectivity index (χ2v) is 5.39. The van der Waals surface area contributed by atoms with Gasteiger partial charge in [0, 0.05) is 17.8 Å². The van der Waals surface area contributed by atoms with Crippen molar-refractivity contribution in [1.29, 1.82) is 0 Å². The SMILES string of the molecule is Cc1cc(NCC(=O)N2CCc3ccccc32)ncc1[N+](=O)[O-]. The highest BCUT2D eigenvalue weighted by atomic mass is 16.6. The zero-order valence-corrected chi connectivity index (χ0v) is 12.7. The fourth-order valence-corrected chi connectivity index (χ4v) is 2.70. The van der Waals surface area contributed by atoms with Crippen molar-refractivity contribution in [1.82, 2.24) is 4.98 Å². The van der Waals surface area contributed by atoms with E-state index in [0.29, 0.717) is 17.9 Å². The predicted octanol–water partition coefficient (Wildman–Crippen LogP) is 2.30. The molecule has 1 amide bonds. The summed E-state index contributed by atoms with van der Waals surface area (Å²) in [5, 5.41) is 13.7.